The zero-order chi connectivity index (χ0) is 65.7. The Morgan fingerprint density at radius 2 is 0.776 bits per heavy atom. The van der Waals surface area contributed by atoms with Crippen LogP contribution in [0.15, 0.2) is 72.8 Å². The van der Waals surface area contributed by atoms with Gasteiger partial charge in [0.15, 0.2) is 0 Å². The Labute approximate surface area is 487 Å². The molecular formula is C53H79N9O23. The molecule has 0 bridgehead atoms. The highest BCUT2D eigenvalue weighted by molar-refractivity contribution is 5.81. The number of phenolic OH excluding ortho intramolecular Hbond substituents is 1. The van der Waals surface area contributed by atoms with Gasteiger partial charge in [-0.2, -0.15) is 0 Å². The van der Waals surface area contributed by atoms with E-state index in [4.69, 9.17) is 101 Å². The van der Waals surface area contributed by atoms with Crippen LogP contribution in [0.3, 0.4) is 0 Å². The molecule has 0 saturated carbocycles. The average molecular weight is 1210 g/mol. The first-order chi connectivity index (χ1) is 39.5. The summed E-state index contributed by atoms with van der Waals surface area (Å²) in [5.41, 5.74) is 38.7. The van der Waals surface area contributed by atoms with Crippen LogP contribution in [0.1, 0.15) is 76.0 Å². The lowest BCUT2D eigenvalue weighted by Gasteiger charge is -2.11. The van der Waals surface area contributed by atoms with Crippen molar-refractivity contribution in [3.05, 3.63) is 89.5 Å². The van der Waals surface area contributed by atoms with Crippen LogP contribution in [0, 0.1) is 5.92 Å². The van der Waals surface area contributed by atoms with E-state index in [0.29, 0.717) is 11.5 Å². The normalized spacial score (nSPS) is 16.0. The van der Waals surface area contributed by atoms with E-state index in [1.165, 1.54) is 19.1 Å². The number of rotatable bonds is 22. The highest BCUT2D eigenvalue weighted by Gasteiger charge is 2.25. The Hall–Kier alpha value is -8.73. The van der Waals surface area contributed by atoms with Gasteiger partial charge in [-0.1, -0.05) is 50.2 Å². The van der Waals surface area contributed by atoms with Gasteiger partial charge in [-0.05, 0) is 124 Å². The Morgan fingerprint density at radius 1 is 0.459 bits per heavy atom. The van der Waals surface area contributed by atoms with Gasteiger partial charge in [0.1, 0.15) is 71.6 Å². The van der Waals surface area contributed by atoms with E-state index in [-0.39, 0.29) is 49.0 Å². The summed E-state index contributed by atoms with van der Waals surface area (Å²) in [6, 6.07) is 12.3. The molecule has 26 N–H and O–H groups in total. The molecule has 3 aromatic carbocycles. The number of phenols is 1. The molecule has 0 unspecified atom stereocenters. The third-order valence-corrected chi connectivity index (χ3v) is 11.0. The molecule has 2 aliphatic heterocycles. The molecule has 32 heteroatoms. The second kappa shape index (κ2) is 42.1. The first kappa shape index (κ1) is 78.3. The SMILES string of the molecule is CC(C)[C@H](N)C(=O)O.C[C@H](N)C(=O)Oc1ccc(C[C@H](N)C(=O)O)cc1.N[C@@H](CC(=O)O)C(=O)O.N[C@@H](CC(=O)O)C(=O)O.N[C@@H](Cc1ccc(O)cc1)C(=O)O.N[C@@H](Cc1ccc(OC(=O)[C@@H]2CCCN2)cc1)C(=O)O.O=C(O)[C@@H]1CCCN1. The molecule has 474 valence electrons. The van der Waals surface area contributed by atoms with Gasteiger partial charge < -0.3 is 111 Å². The van der Waals surface area contributed by atoms with Crippen LogP contribution in [0.5, 0.6) is 17.2 Å². The summed E-state index contributed by atoms with van der Waals surface area (Å²) in [5.74, 6) is -9.56. The molecule has 0 spiro atoms. The number of carbonyl (C=O) groups excluding carboxylic acids is 2. The molecular weight excluding hydrogens is 1130 g/mol. The largest absolute Gasteiger partial charge is 0.508 e. The maximum Gasteiger partial charge on any atom is 0.328 e. The van der Waals surface area contributed by atoms with E-state index in [0.717, 1.165) is 55.5 Å². The maximum absolute atomic E-state index is 11.8. The second-order valence-electron chi connectivity index (χ2n) is 18.9. The van der Waals surface area contributed by atoms with Crippen LogP contribution in [-0.2, 0) is 72.0 Å². The van der Waals surface area contributed by atoms with E-state index in [2.05, 4.69) is 10.6 Å². The van der Waals surface area contributed by atoms with E-state index in [9.17, 15) is 52.7 Å². The van der Waals surface area contributed by atoms with Gasteiger partial charge >= 0.3 is 65.7 Å². The molecule has 2 aliphatic rings. The van der Waals surface area contributed by atoms with Crippen LogP contribution in [0.2, 0.25) is 0 Å². The molecule has 2 saturated heterocycles. The zero-order valence-electron chi connectivity index (χ0n) is 46.8. The monoisotopic (exact) mass is 1210 g/mol. The Morgan fingerprint density at radius 3 is 1.00 bits per heavy atom. The Bertz CT molecular complexity index is 2530. The Balaban J connectivity index is 0. The standard InChI is InChI=1S/C14H18N2O4.C12H16N2O4.C9H11NO3.C5H9NO2.C5H11NO2.2C4H7NO4/c15-11(13(17)18)8-9-3-5-10(6-4-9)20-14(19)12-2-1-7-16-12;1-7(13)12(17)18-9-4-2-8(3-5-9)6-10(14)11(15)16;10-8(9(12)13)5-6-1-3-7(11)4-2-6;7-5(8)4-2-1-3-6-4;1-3(2)4(6)5(7)8;2*5-2(4(8)9)1-3(6)7/h3-6,11-12,16H,1-2,7-8,15H2,(H,17,18);2-5,7,10H,6,13-14H2,1H3,(H,15,16);1-4,8,11H,5,10H2,(H,12,13);4,6H,1-3H2,(H,7,8);3-4H,6H2,1-2H3,(H,7,8);2*2H,1,5H2,(H,6,7)(H,8,9)/t11-,12-;7-,10-;8-;2*4-;2*2-/m0000000/s1. The van der Waals surface area contributed by atoms with Crippen molar-refractivity contribution in [3.63, 3.8) is 0 Å². The molecule has 0 radical (unpaired) electrons. The molecule has 32 nitrogen and oxygen atoms in total. The summed E-state index contributed by atoms with van der Waals surface area (Å²) < 4.78 is 10.2. The number of aliphatic carboxylic acids is 9. The number of aromatic hydroxyl groups is 1. The fourth-order valence-corrected chi connectivity index (χ4v) is 6.06. The van der Waals surface area contributed by atoms with Crippen molar-refractivity contribution in [1.82, 2.24) is 10.6 Å². The van der Waals surface area contributed by atoms with Crippen molar-refractivity contribution in [2.24, 2.45) is 46.1 Å². The molecule has 2 heterocycles. The van der Waals surface area contributed by atoms with Crippen molar-refractivity contribution < 1.29 is 113 Å². The van der Waals surface area contributed by atoms with Crippen LogP contribution < -0.4 is 60.2 Å². The van der Waals surface area contributed by atoms with E-state index >= 15 is 0 Å². The third kappa shape index (κ3) is 37.9. The lowest BCUT2D eigenvalue weighted by Crippen LogP contribution is -2.34. The quantitative estimate of drug-likeness (QED) is 0.0388. The summed E-state index contributed by atoms with van der Waals surface area (Å²) in [5, 5.41) is 89.5. The van der Waals surface area contributed by atoms with Gasteiger partial charge in [-0.15, -0.1) is 0 Å². The molecule has 0 aliphatic carbocycles. The van der Waals surface area contributed by atoms with E-state index in [1.807, 2.05) is 0 Å². The fourth-order valence-electron chi connectivity index (χ4n) is 6.06. The minimum absolute atomic E-state index is 0.0208. The van der Waals surface area contributed by atoms with Gasteiger partial charge in [-0.3, -0.25) is 43.2 Å². The predicted molar refractivity (Wildman–Crippen MR) is 300 cm³/mol. The minimum atomic E-state index is -1.29. The molecule has 3 aromatic rings. The molecule has 9 atom stereocenters. The zero-order valence-corrected chi connectivity index (χ0v) is 46.8. The van der Waals surface area contributed by atoms with Crippen LogP contribution >= 0.6 is 0 Å². The van der Waals surface area contributed by atoms with Crippen molar-refractivity contribution in [1.29, 1.82) is 0 Å². The fraction of sp³-hybridized carbons (Fsp3) is 0.453. The van der Waals surface area contributed by atoms with Crippen LogP contribution in [-0.4, -0.2) is 184 Å². The van der Waals surface area contributed by atoms with E-state index < -0.39 is 115 Å². The molecule has 0 amide bonds. The number of esters is 2. The second-order valence-corrected chi connectivity index (χ2v) is 18.9. The topological polar surface area (TPSA) is 615 Å². The van der Waals surface area contributed by atoms with E-state index in [1.54, 1.807) is 74.5 Å². The van der Waals surface area contributed by atoms with Crippen molar-refractivity contribution in [2.75, 3.05) is 13.1 Å². The highest BCUT2D eigenvalue weighted by atomic mass is 16.5. The van der Waals surface area contributed by atoms with Gasteiger partial charge in [-0.25, -0.2) is 9.59 Å². The maximum atomic E-state index is 11.8. The summed E-state index contributed by atoms with van der Waals surface area (Å²) in [4.78, 5) is 114. The van der Waals surface area contributed by atoms with Gasteiger partial charge in [0.25, 0.3) is 0 Å². The summed E-state index contributed by atoms with van der Waals surface area (Å²) in [7, 11) is 0. The van der Waals surface area contributed by atoms with Crippen molar-refractivity contribution >= 4 is 65.7 Å². The third-order valence-electron chi connectivity index (χ3n) is 11.0. The van der Waals surface area contributed by atoms with Gasteiger partial charge in [0, 0.05) is 0 Å². The first-order valence-electron chi connectivity index (χ1n) is 25.7. The number of ether oxygens (including phenoxy) is 2. The van der Waals surface area contributed by atoms with Gasteiger partial charge in [0.2, 0.25) is 0 Å². The molecule has 0 aromatic heterocycles. The lowest BCUT2D eigenvalue weighted by atomic mass is 10.1. The number of benzene rings is 3. The number of nitrogens with one attached hydrogen (secondary N) is 2. The summed E-state index contributed by atoms with van der Waals surface area (Å²) in [6.45, 7) is 6.78. The number of hydrogen-bond donors (Lipinski definition) is 19. The van der Waals surface area contributed by atoms with Crippen molar-refractivity contribution in [2.45, 2.75) is 133 Å². The van der Waals surface area contributed by atoms with Gasteiger partial charge in [0.05, 0.1) is 12.8 Å². The highest BCUT2D eigenvalue weighted by Crippen LogP contribution is 2.17. The summed E-state index contributed by atoms with van der Waals surface area (Å²) >= 11 is 0. The Kier molecular flexibility index (Phi) is 38.8. The predicted octanol–water partition coefficient (Wildman–Crippen LogP) is -1.84. The van der Waals surface area contributed by atoms with Crippen LogP contribution in [0.25, 0.3) is 0 Å². The first-order valence-corrected chi connectivity index (χ1v) is 25.7. The van der Waals surface area contributed by atoms with Crippen molar-refractivity contribution in [3.8, 4) is 17.2 Å². The molecule has 2 fully saturated rings. The number of hydrogen-bond acceptors (Lipinski definition) is 23. The lowest BCUT2D eigenvalue weighted by molar-refractivity contribution is -0.144. The number of nitrogens with two attached hydrogens (primary N) is 7. The number of carboxylic acid groups (broad SMARTS) is 9. The van der Waals surface area contributed by atoms with Crippen LogP contribution in [0.4, 0.5) is 0 Å². The number of carbonyl (C=O) groups is 11. The molecule has 85 heavy (non-hydrogen) atoms. The smallest absolute Gasteiger partial charge is 0.328 e. The molecule has 5 rings (SSSR count). The summed E-state index contributed by atoms with van der Waals surface area (Å²) in [6.07, 6.45) is 3.23. The number of carboxylic acids is 9. The average Bonchev–Trinajstić information content (AvgIpc) is 4.18. The minimum Gasteiger partial charge on any atom is -0.508 e.